The fraction of sp³-hybridized carbons (Fsp3) is 0.154. The van der Waals surface area contributed by atoms with Crippen LogP contribution in [-0.2, 0) is 0 Å². The van der Waals surface area contributed by atoms with Gasteiger partial charge in [-0.25, -0.2) is 0 Å². The average Bonchev–Trinajstić information content (AvgIpc) is 2.85. The average molecular weight is 294 g/mol. The predicted octanol–water partition coefficient (Wildman–Crippen LogP) is 3.38. The van der Waals surface area contributed by atoms with Crippen molar-refractivity contribution < 1.29 is 9.21 Å². The highest BCUT2D eigenvalue weighted by atomic mass is 79.9. The maximum absolute atomic E-state index is 11.7. The van der Waals surface area contributed by atoms with Crippen molar-refractivity contribution >= 4 is 21.8 Å². The van der Waals surface area contributed by atoms with E-state index in [1.54, 1.807) is 19.6 Å². The summed E-state index contributed by atoms with van der Waals surface area (Å²) < 4.78 is 5.88. The number of hydrogen-bond acceptors (Lipinski definition) is 2. The van der Waals surface area contributed by atoms with Crippen LogP contribution in [0.4, 0.5) is 0 Å². The highest BCUT2D eigenvalue weighted by Crippen LogP contribution is 2.29. The zero-order valence-electron chi connectivity index (χ0n) is 9.58. The van der Waals surface area contributed by atoms with Gasteiger partial charge >= 0.3 is 0 Å². The first-order chi connectivity index (χ1) is 8.13. The zero-order valence-corrected chi connectivity index (χ0v) is 11.2. The minimum Gasteiger partial charge on any atom is -0.472 e. The Labute approximate surface area is 108 Å². The van der Waals surface area contributed by atoms with Crippen molar-refractivity contribution in [3.63, 3.8) is 0 Å². The Hall–Kier alpha value is -1.55. The summed E-state index contributed by atoms with van der Waals surface area (Å²) in [5.74, 6) is -0.106. The number of furan rings is 1. The molecule has 0 unspecified atom stereocenters. The second-order valence-corrected chi connectivity index (χ2v) is 4.54. The van der Waals surface area contributed by atoms with Crippen molar-refractivity contribution in [1.29, 1.82) is 0 Å². The molecule has 1 amide bonds. The lowest BCUT2D eigenvalue weighted by molar-refractivity contribution is 0.0962. The molecular formula is C13H12BrNO2. The van der Waals surface area contributed by atoms with Gasteiger partial charge < -0.3 is 9.73 Å². The van der Waals surface area contributed by atoms with Crippen LogP contribution in [-0.4, -0.2) is 13.0 Å². The van der Waals surface area contributed by atoms with Crippen LogP contribution in [0.3, 0.4) is 0 Å². The summed E-state index contributed by atoms with van der Waals surface area (Å²) in [5.41, 5.74) is 3.58. The van der Waals surface area contributed by atoms with E-state index in [4.69, 9.17) is 4.42 Å². The van der Waals surface area contributed by atoms with E-state index in [0.29, 0.717) is 5.56 Å². The van der Waals surface area contributed by atoms with Gasteiger partial charge in [0.25, 0.3) is 5.91 Å². The third-order valence-corrected chi connectivity index (χ3v) is 3.63. The molecule has 2 rings (SSSR count). The first-order valence-corrected chi connectivity index (χ1v) is 5.97. The van der Waals surface area contributed by atoms with E-state index < -0.39 is 0 Å². The monoisotopic (exact) mass is 293 g/mol. The van der Waals surface area contributed by atoms with Crippen LogP contribution in [0.1, 0.15) is 15.9 Å². The van der Waals surface area contributed by atoms with Gasteiger partial charge in [0, 0.05) is 17.1 Å². The number of amides is 1. The maximum atomic E-state index is 11.7. The number of hydrogen-bond donors (Lipinski definition) is 1. The van der Waals surface area contributed by atoms with Crippen LogP contribution in [0.2, 0.25) is 0 Å². The first kappa shape index (κ1) is 11.9. The molecule has 0 aliphatic heterocycles. The predicted molar refractivity (Wildman–Crippen MR) is 70.0 cm³/mol. The van der Waals surface area contributed by atoms with Gasteiger partial charge in [0.1, 0.15) is 0 Å². The van der Waals surface area contributed by atoms with Crippen molar-refractivity contribution in [3.05, 3.63) is 46.3 Å². The summed E-state index contributed by atoms with van der Waals surface area (Å²) in [6.45, 7) is 1.96. The molecule has 0 bridgehead atoms. The smallest absolute Gasteiger partial charge is 0.252 e. The molecule has 0 fully saturated rings. The number of halogens is 1. The summed E-state index contributed by atoms with van der Waals surface area (Å²) in [4.78, 5) is 11.7. The van der Waals surface area contributed by atoms with E-state index in [1.807, 2.05) is 25.1 Å². The van der Waals surface area contributed by atoms with Crippen LogP contribution >= 0.6 is 15.9 Å². The Morgan fingerprint density at radius 1 is 1.35 bits per heavy atom. The minimum absolute atomic E-state index is 0.106. The molecule has 4 heteroatoms. The maximum Gasteiger partial charge on any atom is 0.252 e. The summed E-state index contributed by atoms with van der Waals surface area (Å²) in [5, 5.41) is 2.63. The van der Waals surface area contributed by atoms with Crippen LogP contribution in [0, 0.1) is 6.92 Å². The van der Waals surface area contributed by atoms with Gasteiger partial charge in [-0.2, -0.15) is 0 Å². The van der Waals surface area contributed by atoms with Gasteiger partial charge in [0.2, 0.25) is 0 Å². The minimum atomic E-state index is -0.106. The first-order valence-electron chi connectivity index (χ1n) is 5.18. The van der Waals surface area contributed by atoms with E-state index in [2.05, 4.69) is 21.2 Å². The van der Waals surface area contributed by atoms with Crippen molar-refractivity contribution in [2.75, 3.05) is 7.05 Å². The molecule has 1 aromatic carbocycles. The highest BCUT2D eigenvalue weighted by Gasteiger charge is 2.13. The van der Waals surface area contributed by atoms with Gasteiger partial charge in [0.05, 0.1) is 18.1 Å². The number of benzene rings is 1. The third kappa shape index (κ3) is 2.26. The van der Waals surface area contributed by atoms with Gasteiger partial charge in [-0.15, -0.1) is 0 Å². The summed E-state index contributed by atoms with van der Waals surface area (Å²) in [6.07, 6.45) is 3.28. The standard InChI is InChI=1S/C13H12BrNO2/c1-8-5-10(9-3-4-17-7-9)6-11(12(8)14)13(16)15-2/h3-7H,1-2H3,(H,15,16). The number of rotatable bonds is 2. The van der Waals surface area contributed by atoms with Gasteiger partial charge in [-0.05, 0) is 46.1 Å². The lowest BCUT2D eigenvalue weighted by Crippen LogP contribution is -2.18. The number of nitrogens with one attached hydrogen (secondary N) is 1. The SMILES string of the molecule is CNC(=O)c1cc(-c2ccoc2)cc(C)c1Br. The topological polar surface area (TPSA) is 42.2 Å². The zero-order chi connectivity index (χ0) is 12.4. The van der Waals surface area contributed by atoms with Crippen LogP contribution in [0.5, 0.6) is 0 Å². The summed E-state index contributed by atoms with van der Waals surface area (Å²) >= 11 is 3.43. The van der Waals surface area contributed by atoms with Crippen LogP contribution in [0.15, 0.2) is 39.6 Å². The lowest BCUT2D eigenvalue weighted by Gasteiger charge is -2.09. The number of aryl methyl sites for hydroxylation is 1. The largest absolute Gasteiger partial charge is 0.472 e. The molecule has 0 saturated heterocycles. The summed E-state index contributed by atoms with van der Waals surface area (Å²) in [6, 6.07) is 5.73. The highest BCUT2D eigenvalue weighted by molar-refractivity contribution is 9.10. The molecule has 1 heterocycles. The second kappa shape index (κ2) is 4.75. The Morgan fingerprint density at radius 2 is 2.12 bits per heavy atom. The molecule has 0 saturated carbocycles. The Bertz CT molecular complexity index is 547. The molecule has 1 N–H and O–H groups in total. The van der Waals surface area contributed by atoms with Gasteiger partial charge in [-0.3, -0.25) is 4.79 Å². The van der Waals surface area contributed by atoms with Gasteiger partial charge in [0.15, 0.2) is 0 Å². The molecule has 3 nitrogen and oxygen atoms in total. The second-order valence-electron chi connectivity index (χ2n) is 3.75. The third-order valence-electron chi connectivity index (χ3n) is 2.58. The molecule has 0 aliphatic rings. The Morgan fingerprint density at radius 3 is 2.71 bits per heavy atom. The van der Waals surface area contributed by atoms with Crippen molar-refractivity contribution in [3.8, 4) is 11.1 Å². The molecule has 0 atom stereocenters. The quantitative estimate of drug-likeness (QED) is 0.922. The Kier molecular flexibility index (Phi) is 3.33. The Balaban J connectivity index is 2.57. The number of carbonyl (C=O) groups excluding carboxylic acids is 1. The molecule has 2 aromatic rings. The van der Waals surface area contributed by atoms with Crippen LogP contribution < -0.4 is 5.32 Å². The van der Waals surface area contributed by atoms with E-state index in [-0.39, 0.29) is 5.91 Å². The van der Waals surface area contributed by atoms with Crippen molar-refractivity contribution in [2.45, 2.75) is 6.92 Å². The molecular weight excluding hydrogens is 282 g/mol. The fourth-order valence-electron chi connectivity index (χ4n) is 1.66. The molecule has 88 valence electrons. The molecule has 0 spiro atoms. The molecule has 1 aromatic heterocycles. The van der Waals surface area contributed by atoms with Crippen molar-refractivity contribution in [2.24, 2.45) is 0 Å². The lowest BCUT2D eigenvalue weighted by atomic mass is 10.0. The van der Waals surface area contributed by atoms with E-state index in [0.717, 1.165) is 21.2 Å². The van der Waals surface area contributed by atoms with E-state index in [9.17, 15) is 4.79 Å². The molecule has 0 radical (unpaired) electrons. The molecule has 17 heavy (non-hydrogen) atoms. The van der Waals surface area contributed by atoms with E-state index >= 15 is 0 Å². The fourth-order valence-corrected chi connectivity index (χ4v) is 2.07. The normalized spacial score (nSPS) is 10.3. The summed E-state index contributed by atoms with van der Waals surface area (Å²) in [7, 11) is 1.62. The number of carbonyl (C=O) groups is 1. The van der Waals surface area contributed by atoms with Crippen molar-refractivity contribution in [1.82, 2.24) is 5.32 Å². The van der Waals surface area contributed by atoms with E-state index in [1.165, 1.54) is 0 Å². The molecule has 0 aliphatic carbocycles. The van der Waals surface area contributed by atoms with Gasteiger partial charge in [-0.1, -0.05) is 6.07 Å². The van der Waals surface area contributed by atoms with Crippen LogP contribution in [0.25, 0.3) is 11.1 Å².